The van der Waals surface area contributed by atoms with E-state index in [1.807, 2.05) is 18.2 Å². The summed E-state index contributed by atoms with van der Waals surface area (Å²) in [6.07, 6.45) is 0.876. The number of nitrogens with one attached hydrogen (secondary N) is 1. The lowest BCUT2D eigenvalue weighted by Gasteiger charge is -2.10. The number of ether oxygens (including phenoxy) is 2. The molecule has 0 saturated carbocycles. The molecular formula is C19H20N2O5. The second-order valence-electron chi connectivity index (χ2n) is 5.85. The maximum absolute atomic E-state index is 12.2. The van der Waals surface area contributed by atoms with Crippen LogP contribution >= 0.6 is 0 Å². The lowest BCUT2D eigenvalue weighted by molar-refractivity contribution is -0.116. The molecule has 26 heavy (non-hydrogen) atoms. The van der Waals surface area contributed by atoms with Crippen molar-refractivity contribution < 1.29 is 18.7 Å². The summed E-state index contributed by atoms with van der Waals surface area (Å²) in [6, 6.07) is 10.7. The number of amides is 1. The van der Waals surface area contributed by atoms with Gasteiger partial charge in [-0.1, -0.05) is 6.07 Å². The van der Waals surface area contributed by atoms with Crippen LogP contribution in [0.4, 0.5) is 5.69 Å². The minimum atomic E-state index is -0.433. The monoisotopic (exact) mass is 356 g/mol. The number of nitrogens with zero attached hydrogens (tertiary/aromatic N) is 1. The minimum absolute atomic E-state index is 0.127. The molecule has 1 aromatic heterocycles. The van der Waals surface area contributed by atoms with Crippen molar-refractivity contribution in [2.24, 2.45) is 7.05 Å². The predicted octanol–water partition coefficient (Wildman–Crippen LogP) is 2.72. The van der Waals surface area contributed by atoms with E-state index in [2.05, 4.69) is 5.32 Å². The number of methoxy groups -OCH3 is 2. The van der Waals surface area contributed by atoms with Crippen LogP contribution in [0.25, 0.3) is 11.1 Å². The first-order valence-corrected chi connectivity index (χ1v) is 8.12. The molecule has 0 spiro atoms. The van der Waals surface area contributed by atoms with Crippen LogP contribution in [0.2, 0.25) is 0 Å². The van der Waals surface area contributed by atoms with Gasteiger partial charge in [0.2, 0.25) is 5.91 Å². The van der Waals surface area contributed by atoms with Crippen LogP contribution in [0.5, 0.6) is 11.5 Å². The Morgan fingerprint density at radius 1 is 1.12 bits per heavy atom. The molecule has 0 saturated heterocycles. The van der Waals surface area contributed by atoms with Crippen LogP contribution in [0.3, 0.4) is 0 Å². The molecule has 0 unspecified atom stereocenters. The van der Waals surface area contributed by atoms with E-state index in [4.69, 9.17) is 13.9 Å². The topological polar surface area (TPSA) is 82.7 Å². The van der Waals surface area contributed by atoms with E-state index in [9.17, 15) is 9.59 Å². The number of fused-ring (bicyclic) bond motifs is 1. The molecule has 0 fully saturated rings. The van der Waals surface area contributed by atoms with Gasteiger partial charge in [0.15, 0.2) is 17.1 Å². The van der Waals surface area contributed by atoms with Gasteiger partial charge in [0.1, 0.15) is 0 Å². The highest BCUT2D eigenvalue weighted by Crippen LogP contribution is 2.28. The summed E-state index contributed by atoms with van der Waals surface area (Å²) < 4.78 is 17.0. The molecule has 0 radical (unpaired) electrons. The quantitative estimate of drug-likeness (QED) is 0.734. The summed E-state index contributed by atoms with van der Waals surface area (Å²) in [5.74, 6) is 0.725. The van der Waals surface area contributed by atoms with E-state index in [0.717, 1.165) is 5.56 Å². The number of carbonyl (C=O) groups is 1. The fourth-order valence-corrected chi connectivity index (χ4v) is 2.73. The largest absolute Gasteiger partial charge is 0.493 e. The fourth-order valence-electron chi connectivity index (χ4n) is 2.73. The Morgan fingerprint density at radius 3 is 2.62 bits per heavy atom. The van der Waals surface area contributed by atoms with Gasteiger partial charge in [-0.15, -0.1) is 0 Å². The average molecular weight is 356 g/mol. The third-order valence-corrected chi connectivity index (χ3v) is 4.16. The van der Waals surface area contributed by atoms with Gasteiger partial charge in [0, 0.05) is 25.2 Å². The first-order valence-electron chi connectivity index (χ1n) is 8.12. The maximum Gasteiger partial charge on any atom is 0.419 e. The van der Waals surface area contributed by atoms with Crippen LogP contribution < -0.4 is 20.5 Å². The molecule has 7 nitrogen and oxygen atoms in total. The van der Waals surface area contributed by atoms with Crippen LogP contribution in [-0.4, -0.2) is 24.7 Å². The van der Waals surface area contributed by atoms with Gasteiger partial charge in [-0.2, -0.15) is 0 Å². The molecule has 3 aromatic rings. The number of carbonyl (C=O) groups excluding carboxylic acids is 1. The Bertz CT molecular complexity index is 1000. The molecule has 136 valence electrons. The zero-order valence-corrected chi connectivity index (χ0v) is 14.9. The Hall–Kier alpha value is -3.22. The number of oxazole rings is 1. The van der Waals surface area contributed by atoms with E-state index in [1.165, 1.54) is 4.57 Å². The molecule has 2 aromatic carbocycles. The summed E-state index contributed by atoms with van der Waals surface area (Å²) >= 11 is 0. The highest BCUT2D eigenvalue weighted by Gasteiger charge is 2.10. The number of hydrogen-bond donors (Lipinski definition) is 1. The van der Waals surface area contributed by atoms with E-state index >= 15 is 0 Å². The van der Waals surface area contributed by atoms with Crippen molar-refractivity contribution in [2.45, 2.75) is 12.8 Å². The van der Waals surface area contributed by atoms with Crippen LogP contribution in [0.1, 0.15) is 12.0 Å². The summed E-state index contributed by atoms with van der Waals surface area (Å²) in [5, 5.41) is 2.82. The van der Waals surface area contributed by atoms with Crippen molar-refractivity contribution in [3.05, 3.63) is 52.5 Å². The zero-order valence-electron chi connectivity index (χ0n) is 14.9. The lowest BCUT2D eigenvalue weighted by Crippen LogP contribution is -2.12. The van der Waals surface area contributed by atoms with Gasteiger partial charge in [-0.25, -0.2) is 4.79 Å². The van der Waals surface area contributed by atoms with Crippen molar-refractivity contribution >= 4 is 22.7 Å². The van der Waals surface area contributed by atoms with Gasteiger partial charge < -0.3 is 19.2 Å². The Labute approximate surface area is 150 Å². The standard InChI is InChI=1S/C19H20N2O5/c1-21-14-7-6-13(11-16(14)26-19(21)23)20-18(22)9-5-12-4-8-15(24-2)17(10-12)25-3/h4,6-8,10-11H,5,9H2,1-3H3,(H,20,22). The number of anilines is 1. The van der Waals surface area contributed by atoms with Crippen molar-refractivity contribution in [1.82, 2.24) is 4.57 Å². The molecule has 0 aliphatic heterocycles. The normalized spacial score (nSPS) is 10.7. The van der Waals surface area contributed by atoms with E-state index < -0.39 is 5.76 Å². The molecule has 1 amide bonds. The van der Waals surface area contributed by atoms with E-state index in [0.29, 0.717) is 41.1 Å². The second kappa shape index (κ2) is 7.35. The lowest BCUT2D eigenvalue weighted by atomic mass is 10.1. The first kappa shape index (κ1) is 17.6. The molecule has 7 heteroatoms. The zero-order chi connectivity index (χ0) is 18.7. The molecule has 1 N–H and O–H groups in total. The molecule has 3 rings (SSSR count). The Balaban J connectivity index is 1.65. The first-order chi connectivity index (χ1) is 12.5. The number of aromatic nitrogens is 1. The third-order valence-electron chi connectivity index (χ3n) is 4.16. The van der Waals surface area contributed by atoms with Gasteiger partial charge in [-0.05, 0) is 36.2 Å². The summed E-state index contributed by atoms with van der Waals surface area (Å²) in [7, 11) is 4.79. The van der Waals surface area contributed by atoms with Crippen LogP contribution in [-0.2, 0) is 18.3 Å². The van der Waals surface area contributed by atoms with Crippen molar-refractivity contribution in [3.63, 3.8) is 0 Å². The van der Waals surface area contributed by atoms with Gasteiger partial charge in [-0.3, -0.25) is 9.36 Å². The van der Waals surface area contributed by atoms with E-state index in [-0.39, 0.29) is 5.91 Å². The Morgan fingerprint density at radius 2 is 1.88 bits per heavy atom. The smallest absolute Gasteiger partial charge is 0.419 e. The third kappa shape index (κ3) is 3.56. The number of hydrogen-bond acceptors (Lipinski definition) is 5. The van der Waals surface area contributed by atoms with Crippen LogP contribution in [0.15, 0.2) is 45.6 Å². The minimum Gasteiger partial charge on any atom is -0.493 e. The summed E-state index contributed by atoms with van der Waals surface area (Å²) in [6.45, 7) is 0. The Kier molecular flexibility index (Phi) is 4.97. The highest BCUT2D eigenvalue weighted by molar-refractivity contribution is 5.92. The van der Waals surface area contributed by atoms with Gasteiger partial charge >= 0.3 is 5.76 Å². The number of rotatable bonds is 6. The number of aryl methyl sites for hydroxylation is 2. The highest BCUT2D eigenvalue weighted by atomic mass is 16.5. The average Bonchev–Trinajstić information content (AvgIpc) is 2.93. The molecule has 0 bridgehead atoms. The van der Waals surface area contributed by atoms with Crippen molar-refractivity contribution in [3.8, 4) is 11.5 Å². The second-order valence-corrected chi connectivity index (χ2v) is 5.85. The summed E-state index contributed by atoms with van der Waals surface area (Å²) in [5.41, 5.74) is 2.68. The molecular weight excluding hydrogens is 336 g/mol. The van der Waals surface area contributed by atoms with Gasteiger partial charge in [0.05, 0.1) is 19.7 Å². The fraction of sp³-hybridized carbons (Fsp3) is 0.263. The molecule has 0 aliphatic carbocycles. The maximum atomic E-state index is 12.2. The van der Waals surface area contributed by atoms with Gasteiger partial charge in [0.25, 0.3) is 0 Å². The van der Waals surface area contributed by atoms with E-state index in [1.54, 1.807) is 39.5 Å². The SMILES string of the molecule is COc1ccc(CCC(=O)Nc2ccc3c(c2)oc(=O)n3C)cc1OC. The predicted molar refractivity (Wildman–Crippen MR) is 98.0 cm³/mol. The number of benzene rings is 2. The summed E-state index contributed by atoms with van der Waals surface area (Å²) in [4.78, 5) is 23.7. The molecule has 0 atom stereocenters. The molecule has 0 aliphatic rings. The van der Waals surface area contributed by atoms with Crippen molar-refractivity contribution in [2.75, 3.05) is 19.5 Å². The molecule has 1 heterocycles. The van der Waals surface area contributed by atoms with Crippen molar-refractivity contribution in [1.29, 1.82) is 0 Å². The van der Waals surface area contributed by atoms with Crippen LogP contribution in [0, 0.1) is 0 Å².